The Bertz CT molecular complexity index is 2650. The third kappa shape index (κ3) is 23.2. The number of nitrogens with one attached hydrogen (secondary N) is 4. The van der Waals surface area contributed by atoms with Gasteiger partial charge in [-0.25, -0.2) is 15.0 Å². The molecule has 470 valence electrons. The molecule has 2 aliphatic rings. The van der Waals surface area contributed by atoms with Gasteiger partial charge in [-0.3, -0.25) is 53.2 Å². The zero-order valence-electron chi connectivity index (χ0n) is 48.4. The number of hydrogen-bond acceptors (Lipinski definition) is 20. The van der Waals surface area contributed by atoms with Crippen LogP contribution in [0.25, 0.3) is 11.3 Å². The molecule has 0 bridgehead atoms. The first-order chi connectivity index (χ1) is 40.7. The molecule has 2 atom stereocenters. The van der Waals surface area contributed by atoms with Crippen LogP contribution in [-0.2, 0) is 46.2 Å². The lowest BCUT2D eigenvalue weighted by Gasteiger charge is -2.43. The minimum absolute atomic E-state index is 0.0597. The number of amides is 4. The Morgan fingerprint density at radius 1 is 0.694 bits per heavy atom. The molecule has 3 aromatic heterocycles. The lowest BCUT2D eigenvalue weighted by molar-refractivity contribution is -0.142. The van der Waals surface area contributed by atoms with Crippen molar-refractivity contribution in [1.82, 2.24) is 60.7 Å². The summed E-state index contributed by atoms with van der Waals surface area (Å²) in [6.45, 7) is 9.03. The van der Waals surface area contributed by atoms with Crippen LogP contribution in [0.4, 0.5) is 18.9 Å². The van der Waals surface area contributed by atoms with Crippen molar-refractivity contribution in [2.45, 2.75) is 64.8 Å². The molecule has 2 saturated heterocycles. The maximum absolute atomic E-state index is 14.2. The van der Waals surface area contributed by atoms with Crippen LogP contribution in [0.5, 0.6) is 11.8 Å². The van der Waals surface area contributed by atoms with Gasteiger partial charge >= 0.3 is 24.1 Å². The average Bonchev–Trinajstić information content (AvgIpc) is 1.92. The van der Waals surface area contributed by atoms with Crippen molar-refractivity contribution < 1.29 is 76.3 Å². The average molecular weight is 1200 g/mol. The quantitative estimate of drug-likeness (QED) is 0.0397. The zero-order valence-corrected chi connectivity index (χ0v) is 48.4. The second kappa shape index (κ2) is 35.2. The number of carbonyl (C=O) groups excluding carboxylic acids is 4. The number of aromatic nitrogens is 3. The van der Waals surface area contributed by atoms with Crippen LogP contribution >= 0.6 is 0 Å². The van der Waals surface area contributed by atoms with Gasteiger partial charge in [0.15, 0.2) is 5.69 Å². The number of carbonyl (C=O) groups is 7. The van der Waals surface area contributed by atoms with Gasteiger partial charge in [-0.05, 0) is 63.6 Å². The number of ether oxygens (including phenoxy) is 3. The van der Waals surface area contributed by atoms with Crippen molar-refractivity contribution >= 4 is 47.2 Å². The molecular formula is C55H81F3N14O13. The Hall–Kier alpha value is -7.35. The highest BCUT2D eigenvalue weighted by atomic mass is 19.4. The molecule has 85 heavy (non-hydrogen) atoms. The molecule has 27 nitrogen and oxygen atoms in total. The van der Waals surface area contributed by atoms with Gasteiger partial charge in [0, 0.05) is 116 Å². The highest BCUT2D eigenvalue weighted by Gasteiger charge is 2.40. The summed E-state index contributed by atoms with van der Waals surface area (Å²) >= 11 is 0. The molecule has 2 fully saturated rings. The lowest BCUT2D eigenvalue weighted by atomic mass is 10.0. The lowest BCUT2D eigenvalue weighted by Crippen LogP contribution is -2.55. The fourth-order valence-electron chi connectivity index (χ4n) is 9.61. The number of nitrogens with zero attached hydrogens (tertiary/aromatic N) is 9. The fraction of sp³-hybridized carbons (Fsp3) is 0.600. The molecule has 0 unspecified atom stereocenters. The third-order valence-corrected chi connectivity index (χ3v) is 13.9. The summed E-state index contributed by atoms with van der Waals surface area (Å²) < 4.78 is 59.1. The Morgan fingerprint density at radius 2 is 1.28 bits per heavy atom. The van der Waals surface area contributed by atoms with E-state index in [0.717, 1.165) is 11.8 Å². The summed E-state index contributed by atoms with van der Waals surface area (Å²) in [6, 6.07) is 8.34. The topological polar surface area (TPSA) is 340 Å². The highest BCUT2D eigenvalue weighted by molar-refractivity contribution is 5.96. The highest BCUT2D eigenvalue weighted by Crippen LogP contribution is 2.35. The molecule has 0 spiro atoms. The third-order valence-electron chi connectivity index (χ3n) is 13.9. The Balaban J connectivity index is 1.05. The van der Waals surface area contributed by atoms with Crippen LogP contribution in [0, 0.1) is 0 Å². The number of piperazine rings is 1. The van der Waals surface area contributed by atoms with Gasteiger partial charge in [0.1, 0.15) is 0 Å². The maximum atomic E-state index is 14.2. The summed E-state index contributed by atoms with van der Waals surface area (Å²) in [6.07, 6.45) is -2.53. The number of carboxylic acid groups (broad SMARTS) is 3. The van der Waals surface area contributed by atoms with E-state index in [1.54, 1.807) is 38.8 Å². The van der Waals surface area contributed by atoms with Crippen molar-refractivity contribution in [3.8, 4) is 23.0 Å². The molecular weight excluding hydrogens is 1120 g/mol. The van der Waals surface area contributed by atoms with Crippen molar-refractivity contribution in [2.24, 2.45) is 5.73 Å². The molecule has 3 aromatic rings. The number of alkyl halides is 3. The first-order valence-electron chi connectivity index (χ1n) is 28.4. The first kappa shape index (κ1) is 68.4. The molecule has 30 heteroatoms. The molecule has 4 amide bonds. The van der Waals surface area contributed by atoms with Crippen LogP contribution in [0.3, 0.4) is 0 Å². The van der Waals surface area contributed by atoms with Gasteiger partial charge in [-0.1, -0.05) is 6.92 Å². The predicted octanol–water partition coefficient (Wildman–Crippen LogP) is 0.133. The van der Waals surface area contributed by atoms with E-state index in [9.17, 15) is 62.1 Å². The molecule has 0 saturated carbocycles. The van der Waals surface area contributed by atoms with Crippen LogP contribution in [0.2, 0.25) is 0 Å². The van der Waals surface area contributed by atoms with E-state index in [-0.39, 0.29) is 162 Å². The molecule has 5 rings (SSSR count). The number of aliphatic carboxylic acids is 3. The largest absolute Gasteiger partial charge is 0.480 e. The SMILES string of the molecule is CCOc1ccc(C(=O)N2CCN(c3ccc(-c4cccnc4OCC)nc3CNCCCNC(=O)[C@@H](N)CC(=O)NCCOCCNC(=O)CN3CCN(CC(=O)O)CCN(CC(=O)O)CCN(CC(=O)O)CC3)[C@H](CC)C2)c(C(F)(F)F)n1. The standard InChI is InChI=1S/C55H81F3N14O13/c1-4-38-33-71(54(82)40-10-13-47(84-5-2)66-51(40)55(56,57)58)27-28-72(38)44-12-11-42(39-9-7-15-64-53(39)85-6-3)65-43(44)32-60-14-8-16-63-52(81)41(59)31-45(73)61-17-29-83-30-18-62-46(74)34-67-19-21-68(35-48(75)76)23-25-70(37-50(79)80)26-24-69(22-20-67)36-49(77)78/h7,9-13,15,38,41,60H,4-6,8,14,16-37,59H2,1-3H3,(H,61,73)(H,62,74)(H,63,81)(H,75,76)(H,77,78)(H,79,80)/t38-,41+/m1/s1. The van der Waals surface area contributed by atoms with Gasteiger partial charge in [-0.15, -0.1) is 0 Å². The number of pyridine rings is 3. The predicted molar refractivity (Wildman–Crippen MR) is 304 cm³/mol. The number of halogens is 3. The van der Waals surface area contributed by atoms with Crippen molar-refractivity contribution in [1.29, 1.82) is 0 Å². The van der Waals surface area contributed by atoms with Crippen molar-refractivity contribution in [3.05, 3.63) is 59.5 Å². The van der Waals surface area contributed by atoms with Crippen LogP contribution in [0.15, 0.2) is 42.6 Å². The Labute approximate surface area is 491 Å². The van der Waals surface area contributed by atoms with Gasteiger partial charge in [0.25, 0.3) is 5.91 Å². The van der Waals surface area contributed by atoms with Crippen molar-refractivity contribution in [3.63, 3.8) is 0 Å². The summed E-state index contributed by atoms with van der Waals surface area (Å²) in [5.41, 5.74) is 6.90. The fourth-order valence-corrected chi connectivity index (χ4v) is 9.61. The first-order valence-corrected chi connectivity index (χ1v) is 28.4. The molecule has 0 aromatic carbocycles. The van der Waals surface area contributed by atoms with Crippen molar-refractivity contribution in [2.75, 3.05) is 156 Å². The monoisotopic (exact) mass is 1200 g/mol. The summed E-state index contributed by atoms with van der Waals surface area (Å²) in [7, 11) is 0. The van der Waals surface area contributed by atoms with E-state index in [1.807, 2.05) is 32.0 Å². The van der Waals surface area contributed by atoms with E-state index < -0.39 is 59.1 Å². The summed E-state index contributed by atoms with van der Waals surface area (Å²) in [4.78, 5) is 110. The summed E-state index contributed by atoms with van der Waals surface area (Å²) in [5, 5.41) is 39.9. The van der Waals surface area contributed by atoms with Gasteiger partial charge in [0.2, 0.25) is 29.5 Å². The number of hydrogen-bond donors (Lipinski definition) is 8. The van der Waals surface area contributed by atoms with E-state index in [1.165, 1.54) is 11.0 Å². The van der Waals surface area contributed by atoms with Crippen LogP contribution in [0.1, 0.15) is 61.8 Å². The zero-order chi connectivity index (χ0) is 61.9. The molecule has 0 aliphatic carbocycles. The van der Waals surface area contributed by atoms with Crippen LogP contribution in [-0.4, -0.2) is 259 Å². The second-order valence-corrected chi connectivity index (χ2v) is 20.2. The number of anilines is 1. The normalized spacial score (nSPS) is 16.6. The minimum Gasteiger partial charge on any atom is -0.480 e. The molecule has 0 radical (unpaired) electrons. The van der Waals surface area contributed by atoms with Crippen LogP contribution < -0.4 is 41.4 Å². The maximum Gasteiger partial charge on any atom is 0.434 e. The van der Waals surface area contributed by atoms with E-state index in [2.05, 4.69) is 36.1 Å². The van der Waals surface area contributed by atoms with E-state index in [4.69, 9.17) is 24.9 Å². The number of carboxylic acids is 3. The Morgan fingerprint density at radius 3 is 1.85 bits per heavy atom. The van der Waals surface area contributed by atoms with Gasteiger partial charge in [0.05, 0.1) is 93.3 Å². The second-order valence-electron chi connectivity index (χ2n) is 20.2. The number of rotatable bonds is 31. The van der Waals surface area contributed by atoms with E-state index >= 15 is 0 Å². The Kier molecular flexibility index (Phi) is 28.3. The smallest absolute Gasteiger partial charge is 0.434 e. The van der Waals surface area contributed by atoms with Gasteiger partial charge in [-0.2, -0.15) is 13.2 Å². The van der Waals surface area contributed by atoms with Gasteiger partial charge < -0.3 is 66.3 Å². The molecule has 2 aliphatic heterocycles. The minimum atomic E-state index is -4.89. The molecule has 5 heterocycles. The van der Waals surface area contributed by atoms with E-state index in [0.29, 0.717) is 55.4 Å². The molecule has 9 N–H and O–H groups in total. The summed E-state index contributed by atoms with van der Waals surface area (Å²) in [5.74, 6) is -5.11. The number of nitrogens with two attached hydrogens (primary N) is 1.